The number of amides is 2. The number of ether oxygens (including phenoxy) is 2. The minimum absolute atomic E-state index is 0.0277. The maximum absolute atomic E-state index is 13.6. The SMILES string of the molecule is CCC(C)N(CC(=O)N(CCc1ccc(OC)c(OC)c1)Cc1ccco1)C(=O)/C=C/c1ccc([N+](=O)[O-])cc1. The van der Waals surface area contributed by atoms with Gasteiger partial charge < -0.3 is 23.7 Å². The molecule has 3 aromatic rings. The summed E-state index contributed by atoms with van der Waals surface area (Å²) in [7, 11) is 3.15. The maximum atomic E-state index is 13.6. The summed E-state index contributed by atoms with van der Waals surface area (Å²) >= 11 is 0. The summed E-state index contributed by atoms with van der Waals surface area (Å²) < 4.78 is 16.2. The zero-order valence-corrected chi connectivity index (χ0v) is 23.2. The molecule has 0 bridgehead atoms. The van der Waals surface area contributed by atoms with Crippen molar-refractivity contribution in [3.63, 3.8) is 0 Å². The molecule has 1 heterocycles. The van der Waals surface area contributed by atoms with Crippen LogP contribution in [0.4, 0.5) is 5.69 Å². The quantitative estimate of drug-likeness (QED) is 0.156. The van der Waals surface area contributed by atoms with Crippen LogP contribution in [0.1, 0.15) is 37.2 Å². The highest BCUT2D eigenvalue weighted by Crippen LogP contribution is 2.28. The molecule has 3 rings (SSSR count). The van der Waals surface area contributed by atoms with E-state index < -0.39 is 4.92 Å². The van der Waals surface area contributed by atoms with Crippen molar-refractivity contribution in [2.75, 3.05) is 27.3 Å². The Balaban J connectivity index is 1.75. The zero-order chi connectivity index (χ0) is 29.1. The molecule has 1 unspecified atom stereocenters. The van der Waals surface area contributed by atoms with E-state index in [4.69, 9.17) is 13.9 Å². The Bertz CT molecular complexity index is 1300. The van der Waals surface area contributed by atoms with Crippen molar-refractivity contribution < 1.29 is 28.4 Å². The van der Waals surface area contributed by atoms with E-state index in [1.54, 1.807) is 55.7 Å². The third-order valence-electron chi connectivity index (χ3n) is 6.63. The fourth-order valence-corrected chi connectivity index (χ4v) is 4.07. The van der Waals surface area contributed by atoms with Crippen molar-refractivity contribution in [2.45, 2.75) is 39.3 Å². The molecule has 0 aliphatic carbocycles. The number of nitrogens with zero attached hydrogens (tertiary/aromatic N) is 3. The summed E-state index contributed by atoms with van der Waals surface area (Å²) in [6.45, 7) is 4.40. The highest BCUT2D eigenvalue weighted by molar-refractivity contribution is 5.94. The summed E-state index contributed by atoms with van der Waals surface area (Å²) in [5.41, 5.74) is 1.58. The van der Waals surface area contributed by atoms with Crippen LogP contribution in [-0.4, -0.2) is 59.9 Å². The first-order valence-corrected chi connectivity index (χ1v) is 13.0. The van der Waals surface area contributed by atoms with Crippen LogP contribution in [0.25, 0.3) is 6.08 Å². The molecule has 0 saturated carbocycles. The van der Waals surface area contributed by atoms with Crippen LogP contribution in [-0.2, 0) is 22.6 Å². The largest absolute Gasteiger partial charge is 0.493 e. The van der Waals surface area contributed by atoms with E-state index in [9.17, 15) is 19.7 Å². The number of benzene rings is 2. The lowest BCUT2D eigenvalue weighted by Crippen LogP contribution is -2.46. The van der Waals surface area contributed by atoms with Gasteiger partial charge in [-0.3, -0.25) is 19.7 Å². The second-order valence-electron chi connectivity index (χ2n) is 9.24. The predicted octanol–water partition coefficient (Wildman–Crippen LogP) is 5.12. The van der Waals surface area contributed by atoms with Crippen molar-refractivity contribution in [2.24, 2.45) is 0 Å². The average molecular weight is 550 g/mol. The van der Waals surface area contributed by atoms with Gasteiger partial charge in [-0.1, -0.05) is 13.0 Å². The first-order valence-electron chi connectivity index (χ1n) is 13.0. The Hall–Kier alpha value is -4.60. The van der Waals surface area contributed by atoms with E-state index >= 15 is 0 Å². The van der Waals surface area contributed by atoms with Gasteiger partial charge in [0.2, 0.25) is 11.8 Å². The summed E-state index contributed by atoms with van der Waals surface area (Å²) in [4.78, 5) is 40.4. The third-order valence-corrected chi connectivity index (χ3v) is 6.63. The minimum Gasteiger partial charge on any atom is -0.493 e. The fourth-order valence-electron chi connectivity index (χ4n) is 4.07. The number of methoxy groups -OCH3 is 2. The molecule has 40 heavy (non-hydrogen) atoms. The first kappa shape index (κ1) is 29.9. The number of nitro groups is 1. The van der Waals surface area contributed by atoms with Crippen LogP contribution in [0.2, 0.25) is 0 Å². The molecule has 0 aliphatic heterocycles. The number of furan rings is 1. The molecule has 1 atom stereocenters. The minimum atomic E-state index is -0.478. The van der Waals surface area contributed by atoms with Gasteiger partial charge >= 0.3 is 0 Å². The summed E-state index contributed by atoms with van der Waals surface area (Å²) in [5, 5.41) is 10.9. The van der Waals surface area contributed by atoms with Gasteiger partial charge in [-0.2, -0.15) is 0 Å². The van der Waals surface area contributed by atoms with Gasteiger partial charge in [-0.25, -0.2) is 0 Å². The number of carbonyl (C=O) groups is 2. The van der Waals surface area contributed by atoms with Gasteiger partial charge in [-0.05, 0) is 73.4 Å². The molecular weight excluding hydrogens is 514 g/mol. The van der Waals surface area contributed by atoms with E-state index in [2.05, 4.69) is 0 Å². The maximum Gasteiger partial charge on any atom is 0.269 e. The van der Waals surface area contributed by atoms with E-state index in [0.717, 1.165) is 5.56 Å². The molecule has 2 amide bonds. The van der Waals surface area contributed by atoms with Crippen molar-refractivity contribution >= 4 is 23.6 Å². The summed E-state index contributed by atoms with van der Waals surface area (Å²) in [6, 6.07) is 14.9. The van der Waals surface area contributed by atoms with Gasteiger partial charge in [0.05, 0.1) is 32.0 Å². The smallest absolute Gasteiger partial charge is 0.269 e. The lowest BCUT2D eigenvalue weighted by molar-refractivity contribution is -0.384. The van der Waals surface area contributed by atoms with Crippen molar-refractivity contribution in [1.82, 2.24) is 9.80 Å². The van der Waals surface area contributed by atoms with Gasteiger partial charge in [0.25, 0.3) is 5.69 Å². The molecule has 10 heteroatoms. The van der Waals surface area contributed by atoms with Crippen molar-refractivity contribution in [3.8, 4) is 11.5 Å². The zero-order valence-electron chi connectivity index (χ0n) is 23.2. The van der Waals surface area contributed by atoms with Crippen LogP contribution in [0, 0.1) is 10.1 Å². The molecule has 212 valence electrons. The Morgan fingerprint density at radius 1 is 1.07 bits per heavy atom. The van der Waals surface area contributed by atoms with E-state index in [-0.39, 0.29) is 36.6 Å². The van der Waals surface area contributed by atoms with Gasteiger partial charge in [0.1, 0.15) is 12.3 Å². The normalized spacial score (nSPS) is 11.7. The Morgan fingerprint density at radius 2 is 1.80 bits per heavy atom. The molecule has 0 spiro atoms. The lowest BCUT2D eigenvalue weighted by Gasteiger charge is -2.30. The Labute approximate surface area is 233 Å². The topological polar surface area (TPSA) is 115 Å². The van der Waals surface area contributed by atoms with Crippen LogP contribution >= 0.6 is 0 Å². The van der Waals surface area contributed by atoms with Crippen molar-refractivity contribution in [1.29, 1.82) is 0 Å². The molecule has 10 nitrogen and oxygen atoms in total. The van der Waals surface area contributed by atoms with Crippen molar-refractivity contribution in [3.05, 3.63) is 93.9 Å². The second-order valence-corrected chi connectivity index (χ2v) is 9.24. The van der Waals surface area contributed by atoms with Crippen LogP contribution < -0.4 is 9.47 Å². The fraction of sp³-hybridized carbons (Fsp3) is 0.333. The highest BCUT2D eigenvalue weighted by atomic mass is 16.6. The monoisotopic (exact) mass is 549 g/mol. The van der Waals surface area contributed by atoms with Gasteiger partial charge in [0.15, 0.2) is 11.5 Å². The highest BCUT2D eigenvalue weighted by Gasteiger charge is 2.24. The molecule has 2 aromatic carbocycles. The van der Waals surface area contributed by atoms with Gasteiger partial charge in [-0.15, -0.1) is 0 Å². The second kappa shape index (κ2) is 14.5. The molecule has 0 radical (unpaired) electrons. The number of carbonyl (C=O) groups excluding carboxylic acids is 2. The Morgan fingerprint density at radius 3 is 2.40 bits per heavy atom. The standard InChI is InChI=1S/C30H35N3O7/c1-5-22(2)32(29(34)15-11-23-8-12-25(13-9-23)33(36)37)21-30(35)31(20-26-7-6-18-40-26)17-16-24-10-14-27(38-3)28(19-24)39-4/h6-15,18-19,22H,5,16-17,20-21H2,1-4H3/b15-11+. The van der Waals surface area contributed by atoms with Gasteiger partial charge in [0, 0.05) is 30.8 Å². The molecule has 0 aliphatic rings. The molecule has 1 aromatic heterocycles. The average Bonchev–Trinajstić information content (AvgIpc) is 3.49. The lowest BCUT2D eigenvalue weighted by atomic mass is 10.1. The third kappa shape index (κ3) is 8.20. The Kier molecular flexibility index (Phi) is 10.9. The van der Waals surface area contributed by atoms with Crippen LogP contribution in [0.5, 0.6) is 11.5 Å². The molecule has 0 saturated heterocycles. The number of rotatable bonds is 14. The van der Waals surface area contributed by atoms with E-state index in [1.807, 2.05) is 32.0 Å². The van der Waals surface area contributed by atoms with Crippen LogP contribution in [0.3, 0.4) is 0 Å². The van der Waals surface area contributed by atoms with E-state index in [1.165, 1.54) is 23.1 Å². The number of nitro benzene ring substituents is 1. The molecular formula is C30H35N3O7. The molecule has 0 fully saturated rings. The van der Waals surface area contributed by atoms with E-state index in [0.29, 0.717) is 42.2 Å². The first-order chi connectivity index (χ1) is 19.2. The van der Waals surface area contributed by atoms with Crippen LogP contribution in [0.15, 0.2) is 71.4 Å². The number of hydrogen-bond donors (Lipinski definition) is 0. The molecule has 0 N–H and O–H groups in total. The number of non-ortho nitro benzene ring substituents is 1. The predicted molar refractivity (Wildman–Crippen MR) is 151 cm³/mol. The number of hydrogen-bond acceptors (Lipinski definition) is 7. The summed E-state index contributed by atoms with van der Waals surface area (Å²) in [6.07, 6.45) is 5.76. The summed E-state index contributed by atoms with van der Waals surface area (Å²) in [5.74, 6) is 1.34.